The van der Waals surface area contributed by atoms with E-state index in [1.165, 1.54) is 48.0 Å². The molecule has 0 aliphatic heterocycles. The summed E-state index contributed by atoms with van der Waals surface area (Å²) in [7, 11) is 0. The summed E-state index contributed by atoms with van der Waals surface area (Å²) in [5, 5.41) is 0. The van der Waals surface area contributed by atoms with Crippen molar-refractivity contribution in [3.05, 3.63) is 46.6 Å². The lowest BCUT2D eigenvalue weighted by Crippen LogP contribution is -2.20. The van der Waals surface area contributed by atoms with E-state index in [1.807, 2.05) is 0 Å². The average molecular weight is 401 g/mol. The largest absolute Gasteiger partial charge is 0.461 e. The van der Waals surface area contributed by atoms with Gasteiger partial charge in [0.2, 0.25) is 0 Å². The van der Waals surface area contributed by atoms with E-state index in [0.29, 0.717) is 6.61 Å². The van der Waals surface area contributed by atoms with Crippen LogP contribution in [-0.2, 0) is 9.53 Å². The Kier molecular flexibility index (Phi) is 13.4. The van der Waals surface area contributed by atoms with E-state index in [0.717, 1.165) is 44.9 Å². The van der Waals surface area contributed by atoms with Crippen molar-refractivity contribution in [2.24, 2.45) is 5.92 Å². The summed E-state index contributed by atoms with van der Waals surface area (Å²) in [4.78, 5) is 12.1. The van der Waals surface area contributed by atoms with Gasteiger partial charge in [-0.1, -0.05) is 59.8 Å². The Morgan fingerprint density at radius 3 is 1.72 bits per heavy atom. The topological polar surface area (TPSA) is 26.3 Å². The van der Waals surface area contributed by atoms with Gasteiger partial charge in [0.15, 0.2) is 0 Å². The minimum atomic E-state index is 0.00805. The Labute approximate surface area is 180 Å². The van der Waals surface area contributed by atoms with Gasteiger partial charge in [-0.3, -0.25) is 4.79 Å². The van der Waals surface area contributed by atoms with Crippen molar-refractivity contribution in [1.29, 1.82) is 0 Å². The Hall–Kier alpha value is -1.57. The molecular weight excluding hydrogens is 356 g/mol. The summed E-state index contributed by atoms with van der Waals surface area (Å²) in [5.74, 6) is 0.154. The fraction of sp³-hybridized carbons (Fsp3) is 0.667. The van der Waals surface area contributed by atoms with Gasteiger partial charge in [0.25, 0.3) is 0 Å². The van der Waals surface area contributed by atoms with Crippen LogP contribution in [0.1, 0.15) is 105 Å². The summed E-state index contributed by atoms with van der Waals surface area (Å²) >= 11 is 0. The van der Waals surface area contributed by atoms with Crippen molar-refractivity contribution in [1.82, 2.24) is 0 Å². The zero-order valence-electron chi connectivity index (χ0n) is 19.7. The van der Waals surface area contributed by atoms with Crippen molar-refractivity contribution in [3.63, 3.8) is 0 Å². The van der Waals surface area contributed by atoms with Gasteiger partial charge in [-0.15, -0.1) is 0 Å². The van der Waals surface area contributed by atoms with Crippen LogP contribution in [0.15, 0.2) is 46.6 Å². The summed E-state index contributed by atoms with van der Waals surface area (Å²) in [6.45, 7) is 11.4. The zero-order chi connectivity index (χ0) is 21.5. The predicted octanol–water partition coefficient (Wildman–Crippen LogP) is 8.26. The molecule has 1 aliphatic carbocycles. The maximum atomic E-state index is 12.1. The molecule has 1 aliphatic rings. The molecule has 0 bridgehead atoms. The van der Waals surface area contributed by atoms with Crippen molar-refractivity contribution in [2.45, 2.75) is 105 Å². The van der Waals surface area contributed by atoms with Crippen LogP contribution < -0.4 is 0 Å². The van der Waals surface area contributed by atoms with E-state index < -0.39 is 0 Å². The first-order chi connectivity index (χ1) is 13.9. The van der Waals surface area contributed by atoms with Gasteiger partial charge < -0.3 is 4.74 Å². The SMILES string of the molecule is CC(C)=CCC/C(C)=C/CC/C(C)=C/CC/C(C)=C/COC(=O)C1CCCCC1. The first-order valence-electron chi connectivity index (χ1n) is 11.7. The molecule has 0 N–H and O–H groups in total. The first kappa shape index (κ1) is 25.5. The number of ether oxygens (including phenoxy) is 1. The van der Waals surface area contributed by atoms with Gasteiger partial charge in [-0.05, 0) is 92.1 Å². The average Bonchev–Trinajstić information content (AvgIpc) is 2.68. The maximum Gasteiger partial charge on any atom is 0.309 e. The van der Waals surface area contributed by atoms with Crippen LogP contribution in [0.5, 0.6) is 0 Å². The van der Waals surface area contributed by atoms with Crippen molar-refractivity contribution in [2.75, 3.05) is 6.61 Å². The quantitative estimate of drug-likeness (QED) is 0.243. The summed E-state index contributed by atoms with van der Waals surface area (Å²) < 4.78 is 5.46. The molecule has 0 atom stereocenters. The highest BCUT2D eigenvalue weighted by molar-refractivity contribution is 5.72. The van der Waals surface area contributed by atoms with Gasteiger partial charge in [0.1, 0.15) is 6.61 Å². The monoisotopic (exact) mass is 400 g/mol. The van der Waals surface area contributed by atoms with Crippen LogP contribution in [0.2, 0.25) is 0 Å². The van der Waals surface area contributed by atoms with Crippen LogP contribution in [0.3, 0.4) is 0 Å². The third-order valence-electron chi connectivity index (χ3n) is 5.75. The lowest BCUT2D eigenvalue weighted by Gasteiger charge is -2.19. The molecule has 164 valence electrons. The third-order valence-corrected chi connectivity index (χ3v) is 5.75. The Bertz CT molecular complexity index is 594. The fourth-order valence-corrected chi connectivity index (χ4v) is 3.71. The molecule has 29 heavy (non-hydrogen) atoms. The second kappa shape index (κ2) is 15.3. The number of carbonyl (C=O) groups excluding carboxylic acids is 1. The van der Waals surface area contributed by atoms with Crippen LogP contribution in [0.25, 0.3) is 0 Å². The second-order valence-electron chi connectivity index (χ2n) is 9.01. The molecule has 0 aromatic rings. The Morgan fingerprint density at radius 2 is 1.21 bits per heavy atom. The van der Waals surface area contributed by atoms with E-state index in [1.54, 1.807) is 0 Å². The maximum absolute atomic E-state index is 12.1. The standard InChI is InChI=1S/C27H44O2/c1-22(2)12-9-13-23(3)14-10-15-24(4)16-11-17-25(5)20-21-29-27(28)26-18-7-6-8-19-26/h12,14,16,20,26H,6-11,13,15,17-19,21H2,1-5H3/b23-14+,24-16+,25-20+. The molecule has 0 radical (unpaired) electrons. The first-order valence-corrected chi connectivity index (χ1v) is 11.7. The minimum Gasteiger partial charge on any atom is -0.461 e. The molecule has 0 unspecified atom stereocenters. The molecular formula is C27H44O2. The number of carbonyl (C=O) groups is 1. The summed E-state index contributed by atoms with van der Waals surface area (Å²) in [6.07, 6.45) is 21.5. The van der Waals surface area contributed by atoms with Crippen molar-refractivity contribution >= 4 is 5.97 Å². The molecule has 1 fully saturated rings. The molecule has 0 amide bonds. The molecule has 1 rings (SSSR count). The van der Waals surface area contributed by atoms with Crippen LogP contribution in [0, 0.1) is 5.92 Å². The normalized spacial score (nSPS) is 16.7. The predicted molar refractivity (Wildman–Crippen MR) is 126 cm³/mol. The molecule has 2 nitrogen and oxygen atoms in total. The lowest BCUT2D eigenvalue weighted by atomic mass is 9.89. The molecule has 0 aromatic heterocycles. The second-order valence-corrected chi connectivity index (χ2v) is 9.01. The molecule has 0 aromatic carbocycles. The third kappa shape index (κ3) is 13.3. The highest BCUT2D eigenvalue weighted by Crippen LogP contribution is 2.24. The lowest BCUT2D eigenvalue weighted by molar-refractivity contribution is -0.148. The molecule has 0 saturated heterocycles. The minimum absolute atomic E-state index is 0.00805. The number of allylic oxidation sites excluding steroid dienone is 7. The molecule has 0 heterocycles. The zero-order valence-corrected chi connectivity index (χ0v) is 19.7. The number of hydrogen-bond donors (Lipinski definition) is 0. The van der Waals surface area contributed by atoms with Crippen molar-refractivity contribution < 1.29 is 9.53 Å². The van der Waals surface area contributed by atoms with Crippen molar-refractivity contribution in [3.8, 4) is 0 Å². The highest BCUT2D eigenvalue weighted by Gasteiger charge is 2.21. The molecule has 2 heteroatoms. The van der Waals surface area contributed by atoms with Crippen LogP contribution in [-0.4, -0.2) is 12.6 Å². The summed E-state index contributed by atoms with van der Waals surface area (Å²) in [6, 6.07) is 0. The van der Waals surface area contributed by atoms with E-state index >= 15 is 0 Å². The number of hydrogen-bond acceptors (Lipinski definition) is 2. The molecule has 0 spiro atoms. The van der Waals surface area contributed by atoms with E-state index in [2.05, 4.69) is 58.9 Å². The Morgan fingerprint density at radius 1 is 0.724 bits per heavy atom. The van der Waals surface area contributed by atoms with Crippen LogP contribution in [0.4, 0.5) is 0 Å². The van der Waals surface area contributed by atoms with Gasteiger partial charge in [-0.2, -0.15) is 0 Å². The van der Waals surface area contributed by atoms with Gasteiger partial charge in [-0.25, -0.2) is 0 Å². The van der Waals surface area contributed by atoms with E-state index in [9.17, 15) is 4.79 Å². The smallest absolute Gasteiger partial charge is 0.309 e. The van der Waals surface area contributed by atoms with E-state index in [4.69, 9.17) is 4.74 Å². The number of esters is 1. The van der Waals surface area contributed by atoms with Gasteiger partial charge in [0.05, 0.1) is 5.92 Å². The highest BCUT2D eigenvalue weighted by atomic mass is 16.5. The van der Waals surface area contributed by atoms with Gasteiger partial charge >= 0.3 is 5.97 Å². The van der Waals surface area contributed by atoms with Gasteiger partial charge in [0, 0.05) is 0 Å². The number of rotatable bonds is 12. The summed E-state index contributed by atoms with van der Waals surface area (Å²) in [5.41, 5.74) is 5.68. The van der Waals surface area contributed by atoms with Crippen LogP contribution >= 0.6 is 0 Å². The Balaban J connectivity index is 2.19. The fourth-order valence-electron chi connectivity index (χ4n) is 3.71. The molecule has 1 saturated carbocycles. The van der Waals surface area contributed by atoms with E-state index in [-0.39, 0.29) is 11.9 Å².